The number of aryl methyl sites for hydroxylation is 2. The van der Waals surface area contributed by atoms with Gasteiger partial charge in [0.25, 0.3) is 0 Å². The molecular weight excluding hydrogens is 324 g/mol. The monoisotopic (exact) mass is 346 g/mol. The summed E-state index contributed by atoms with van der Waals surface area (Å²) < 4.78 is 6.04. The topological polar surface area (TPSA) is 51.2 Å². The molecule has 0 saturated carbocycles. The van der Waals surface area contributed by atoms with Crippen molar-refractivity contribution in [2.75, 3.05) is 0 Å². The summed E-state index contributed by atoms with van der Waals surface area (Å²) in [4.78, 5) is 16.2. The summed E-state index contributed by atoms with van der Waals surface area (Å²) >= 11 is 0. The SMILES string of the molecule is Cc1ccccc1Oc1ccccc1CNC(=O)CCc1cccnc1. The first-order valence-corrected chi connectivity index (χ1v) is 8.69. The molecule has 1 aromatic heterocycles. The van der Waals surface area contributed by atoms with Gasteiger partial charge in [-0.3, -0.25) is 9.78 Å². The summed E-state index contributed by atoms with van der Waals surface area (Å²) in [6, 6.07) is 19.5. The van der Waals surface area contributed by atoms with Gasteiger partial charge in [-0.05, 0) is 42.7 Å². The summed E-state index contributed by atoms with van der Waals surface area (Å²) in [6.07, 6.45) is 4.64. The fourth-order valence-electron chi connectivity index (χ4n) is 2.62. The van der Waals surface area contributed by atoms with Gasteiger partial charge < -0.3 is 10.1 Å². The lowest BCUT2D eigenvalue weighted by atomic mass is 10.1. The van der Waals surface area contributed by atoms with E-state index in [9.17, 15) is 4.79 Å². The molecule has 0 aliphatic carbocycles. The number of aromatic nitrogens is 1. The Hall–Kier alpha value is -3.14. The van der Waals surface area contributed by atoms with Crippen molar-refractivity contribution in [1.82, 2.24) is 10.3 Å². The number of rotatable bonds is 7. The molecule has 0 atom stereocenters. The van der Waals surface area contributed by atoms with Crippen LogP contribution in [0.1, 0.15) is 23.1 Å². The van der Waals surface area contributed by atoms with Gasteiger partial charge in [0.2, 0.25) is 5.91 Å². The fourth-order valence-corrected chi connectivity index (χ4v) is 2.62. The van der Waals surface area contributed by atoms with Gasteiger partial charge in [0, 0.05) is 30.9 Å². The van der Waals surface area contributed by atoms with Gasteiger partial charge in [0.1, 0.15) is 11.5 Å². The molecule has 0 bridgehead atoms. The van der Waals surface area contributed by atoms with Crippen LogP contribution < -0.4 is 10.1 Å². The Balaban J connectivity index is 1.58. The van der Waals surface area contributed by atoms with Gasteiger partial charge >= 0.3 is 0 Å². The van der Waals surface area contributed by atoms with Gasteiger partial charge in [-0.2, -0.15) is 0 Å². The van der Waals surface area contributed by atoms with Crippen molar-refractivity contribution >= 4 is 5.91 Å². The number of ether oxygens (including phenoxy) is 1. The first kappa shape index (κ1) is 17.7. The molecule has 1 amide bonds. The molecule has 0 unspecified atom stereocenters. The highest BCUT2D eigenvalue weighted by Crippen LogP contribution is 2.27. The van der Waals surface area contributed by atoms with Crippen molar-refractivity contribution < 1.29 is 9.53 Å². The molecule has 4 heteroatoms. The fraction of sp³-hybridized carbons (Fsp3) is 0.182. The molecule has 3 aromatic rings. The largest absolute Gasteiger partial charge is 0.457 e. The van der Waals surface area contributed by atoms with E-state index in [-0.39, 0.29) is 5.91 Å². The van der Waals surface area contributed by atoms with E-state index in [4.69, 9.17) is 4.74 Å². The maximum absolute atomic E-state index is 12.1. The van der Waals surface area contributed by atoms with Crippen LogP contribution in [0.4, 0.5) is 0 Å². The quantitative estimate of drug-likeness (QED) is 0.688. The van der Waals surface area contributed by atoms with E-state index in [0.29, 0.717) is 19.4 Å². The Morgan fingerprint density at radius 3 is 2.54 bits per heavy atom. The predicted molar refractivity (Wildman–Crippen MR) is 102 cm³/mol. The molecule has 2 aromatic carbocycles. The highest BCUT2D eigenvalue weighted by molar-refractivity contribution is 5.76. The minimum atomic E-state index is 0.0135. The number of benzene rings is 2. The van der Waals surface area contributed by atoms with Crippen LogP contribution in [0.15, 0.2) is 73.1 Å². The number of amides is 1. The van der Waals surface area contributed by atoms with Crippen LogP contribution in [0.3, 0.4) is 0 Å². The van der Waals surface area contributed by atoms with Crippen molar-refractivity contribution in [1.29, 1.82) is 0 Å². The van der Waals surface area contributed by atoms with E-state index in [1.165, 1.54) is 0 Å². The number of carbonyl (C=O) groups is 1. The number of hydrogen-bond acceptors (Lipinski definition) is 3. The molecule has 26 heavy (non-hydrogen) atoms. The summed E-state index contributed by atoms with van der Waals surface area (Å²) in [5, 5.41) is 2.97. The number of para-hydroxylation sites is 2. The predicted octanol–water partition coefficient (Wildman–Crippen LogP) is 4.43. The van der Waals surface area contributed by atoms with E-state index >= 15 is 0 Å². The second kappa shape index (κ2) is 8.81. The molecule has 1 heterocycles. The summed E-state index contributed by atoms with van der Waals surface area (Å²) in [6.45, 7) is 2.45. The number of nitrogens with zero attached hydrogens (tertiary/aromatic N) is 1. The maximum Gasteiger partial charge on any atom is 0.220 e. The van der Waals surface area contributed by atoms with Crippen LogP contribution in [-0.4, -0.2) is 10.9 Å². The first-order valence-electron chi connectivity index (χ1n) is 8.69. The molecule has 0 aliphatic rings. The van der Waals surface area contributed by atoms with Gasteiger partial charge in [0.05, 0.1) is 0 Å². The Kier molecular flexibility index (Phi) is 5.99. The van der Waals surface area contributed by atoms with Crippen LogP contribution in [-0.2, 0) is 17.8 Å². The van der Waals surface area contributed by atoms with Crippen molar-refractivity contribution in [3.05, 3.63) is 89.7 Å². The second-order valence-electron chi connectivity index (χ2n) is 6.11. The third-order valence-electron chi connectivity index (χ3n) is 4.13. The third kappa shape index (κ3) is 4.93. The van der Waals surface area contributed by atoms with E-state index in [0.717, 1.165) is 28.2 Å². The molecule has 132 valence electrons. The van der Waals surface area contributed by atoms with Gasteiger partial charge in [0.15, 0.2) is 0 Å². The minimum Gasteiger partial charge on any atom is -0.457 e. The standard InChI is InChI=1S/C22H22N2O2/c1-17-7-2-4-10-20(17)26-21-11-5-3-9-19(21)16-24-22(25)13-12-18-8-6-14-23-15-18/h2-11,14-15H,12-13,16H2,1H3,(H,24,25). The van der Waals surface area contributed by atoms with Crippen molar-refractivity contribution in [3.8, 4) is 11.5 Å². The van der Waals surface area contributed by atoms with Crippen LogP contribution in [0.25, 0.3) is 0 Å². The Morgan fingerprint density at radius 1 is 1.00 bits per heavy atom. The number of hydrogen-bond donors (Lipinski definition) is 1. The normalized spacial score (nSPS) is 10.3. The lowest BCUT2D eigenvalue weighted by molar-refractivity contribution is -0.121. The molecule has 1 N–H and O–H groups in total. The van der Waals surface area contributed by atoms with E-state index in [1.807, 2.05) is 67.6 Å². The van der Waals surface area contributed by atoms with Crippen LogP contribution in [0.5, 0.6) is 11.5 Å². The van der Waals surface area contributed by atoms with E-state index in [1.54, 1.807) is 12.4 Å². The number of carbonyl (C=O) groups excluding carboxylic acids is 1. The van der Waals surface area contributed by atoms with Crippen LogP contribution in [0, 0.1) is 6.92 Å². The zero-order chi connectivity index (χ0) is 18.2. The smallest absolute Gasteiger partial charge is 0.220 e. The second-order valence-corrected chi connectivity index (χ2v) is 6.11. The van der Waals surface area contributed by atoms with Crippen molar-refractivity contribution in [2.45, 2.75) is 26.3 Å². The van der Waals surface area contributed by atoms with Crippen molar-refractivity contribution in [2.24, 2.45) is 0 Å². The lowest BCUT2D eigenvalue weighted by Gasteiger charge is -2.13. The Bertz CT molecular complexity index is 863. The lowest BCUT2D eigenvalue weighted by Crippen LogP contribution is -2.23. The minimum absolute atomic E-state index is 0.0135. The molecule has 3 rings (SSSR count). The molecule has 0 fully saturated rings. The van der Waals surface area contributed by atoms with Crippen molar-refractivity contribution in [3.63, 3.8) is 0 Å². The summed E-state index contributed by atoms with van der Waals surface area (Å²) in [5.74, 6) is 1.59. The van der Waals surface area contributed by atoms with Crippen LogP contribution >= 0.6 is 0 Å². The Morgan fingerprint density at radius 2 is 1.77 bits per heavy atom. The molecule has 4 nitrogen and oxygen atoms in total. The molecule has 0 aliphatic heterocycles. The molecule has 0 spiro atoms. The maximum atomic E-state index is 12.1. The summed E-state index contributed by atoms with van der Waals surface area (Å²) in [7, 11) is 0. The van der Waals surface area contributed by atoms with Gasteiger partial charge in [-0.1, -0.05) is 42.5 Å². The van der Waals surface area contributed by atoms with Gasteiger partial charge in [-0.15, -0.1) is 0 Å². The highest BCUT2D eigenvalue weighted by atomic mass is 16.5. The molecular formula is C22H22N2O2. The number of nitrogens with one attached hydrogen (secondary N) is 1. The average Bonchev–Trinajstić information content (AvgIpc) is 2.68. The highest BCUT2D eigenvalue weighted by Gasteiger charge is 2.08. The van der Waals surface area contributed by atoms with Gasteiger partial charge in [-0.25, -0.2) is 0 Å². The molecule has 0 radical (unpaired) electrons. The van der Waals surface area contributed by atoms with E-state index in [2.05, 4.69) is 10.3 Å². The van der Waals surface area contributed by atoms with Crippen LogP contribution in [0.2, 0.25) is 0 Å². The zero-order valence-electron chi connectivity index (χ0n) is 14.8. The first-order chi connectivity index (χ1) is 12.7. The Labute approximate surface area is 153 Å². The summed E-state index contributed by atoms with van der Waals surface area (Å²) in [5.41, 5.74) is 3.08. The third-order valence-corrected chi connectivity index (χ3v) is 4.13. The average molecular weight is 346 g/mol. The molecule has 0 saturated heterocycles. The van der Waals surface area contributed by atoms with E-state index < -0.39 is 0 Å². The zero-order valence-corrected chi connectivity index (χ0v) is 14.8. The number of pyridine rings is 1.